The van der Waals surface area contributed by atoms with E-state index in [0.717, 1.165) is 17.7 Å². The molecule has 0 saturated heterocycles. The fourth-order valence-electron chi connectivity index (χ4n) is 2.01. The van der Waals surface area contributed by atoms with Gasteiger partial charge in [0.25, 0.3) is 11.8 Å². The number of aryl methyl sites for hydroxylation is 1. The van der Waals surface area contributed by atoms with Crippen LogP contribution in [0.5, 0.6) is 5.75 Å². The molecule has 0 spiro atoms. The minimum Gasteiger partial charge on any atom is -0.484 e. The van der Waals surface area contributed by atoms with E-state index in [-0.39, 0.29) is 0 Å². The molecule has 0 unspecified atom stereocenters. The number of ether oxygens (including phenoxy) is 1. The number of nitrogens with one attached hydrogen (secondary N) is 2. The Bertz CT molecular complexity index is 776. The summed E-state index contributed by atoms with van der Waals surface area (Å²) in [7, 11) is 0. The maximum atomic E-state index is 12.9. The van der Waals surface area contributed by atoms with Crippen LogP contribution in [0.2, 0.25) is 0 Å². The van der Waals surface area contributed by atoms with Gasteiger partial charge in [0.15, 0.2) is 6.61 Å². The summed E-state index contributed by atoms with van der Waals surface area (Å²) in [5, 5.41) is 0. The van der Waals surface area contributed by atoms with E-state index in [9.17, 15) is 22.8 Å². The minimum absolute atomic E-state index is 0.398. The number of hydrogen-bond donors (Lipinski definition) is 2. The molecule has 2 aromatic carbocycles. The van der Waals surface area contributed by atoms with E-state index < -0.39 is 35.7 Å². The molecule has 2 amide bonds. The highest BCUT2D eigenvalue weighted by molar-refractivity contribution is 5.97. The maximum Gasteiger partial charge on any atom is 0.417 e. The van der Waals surface area contributed by atoms with Crippen molar-refractivity contribution >= 4 is 11.8 Å². The Labute approximate surface area is 141 Å². The molecule has 5 nitrogen and oxygen atoms in total. The van der Waals surface area contributed by atoms with E-state index in [1.54, 1.807) is 18.2 Å². The molecule has 0 aromatic heterocycles. The Morgan fingerprint density at radius 1 is 1.04 bits per heavy atom. The molecule has 132 valence electrons. The van der Waals surface area contributed by atoms with Crippen molar-refractivity contribution in [2.75, 3.05) is 6.61 Å². The second-order valence-corrected chi connectivity index (χ2v) is 5.15. The summed E-state index contributed by atoms with van der Waals surface area (Å²) in [6.45, 7) is 1.45. The number of carbonyl (C=O) groups excluding carboxylic acids is 2. The van der Waals surface area contributed by atoms with E-state index in [1.807, 2.05) is 23.8 Å². The fourth-order valence-corrected chi connectivity index (χ4v) is 2.01. The molecule has 0 saturated carbocycles. The van der Waals surface area contributed by atoms with Crippen LogP contribution >= 0.6 is 0 Å². The lowest BCUT2D eigenvalue weighted by atomic mass is 10.1. The van der Waals surface area contributed by atoms with Crippen LogP contribution in [0.1, 0.15) is 21.5 Å². The van der Waals surface area contributed by atoms with Crippen molar-refractivity contribution in [2.45, 2.75) is 13.1 Å². The topological polar surface area (TPSA) is 67.4 Å². The van der Waals surface area contributed by atoms with Crippen LogP contribution in [-0.4, -0.2) is 18.4 Å². The zero-order chi connectivity index (χ0) is 18.4. The van der Waals surface area contributed by atoms with Crippen molar-refractivity contribution in [3.05, 3.63) is 65.2 Å². The van der Waals surface area contributed by atoms with E-state index >= 15 is 0 Å². The second kappa shape index (κ2) is 7.69. The summed E-state index contributed by atoms with van der Waals surface area (Å²) < 4.78 is 43.8. The highest BCUT2D eigenvalue weighted by Gasteiger charge is 2.34. The van der Waals surface area contributed by atoms with Gasteiger partial charge in [-0.05, 0) is 36.8 Å². The van der Waals surface area contributed by atoms with Gasteiger partial charge in [0.05, 0.1) is 11.1 Å². The highest BCUT2D eigenvalue weighted by Crippen LogP contribution is 2.31. The Balaban J connectivity index is 1.91. The summed E-state index contributed by atoms with van der Waals surface area (Å²) in [5.41, 5.74) is 3.22. The summed E-state index contributed by atoms with van der Waals surface area (Å²) >= 11 is 0. The fraction of sp³-hybridized carbons (Fsp3) is 0.176. The van der Waals surface area contributed by atoms with Crippen molar-refractivity contribution in [3.8, 4) is 5.75 Å². The molecule has 0 heterocycles. The summed E-state index contributed by atoms with van der Waals surface area (Å²) in [4.78, 5) is 23.5. The Morgan fingerprint density at radius 3 is 2.44 bits per heavy atom. The molecular weight excluding hydrogens is 337 g/mol. The van der Waals surface area contributed by atoms with Crippen molar-refractivity contribution in [1.82, 2.24) is 10.9 Å². The Hall–Kier alpha value is -3.03. The van der Waals surface area contributed by atoms with Crippen molar-refractivity contribution in [1.29, 1.82) is 0 Å². The first-order chi connectivity index (χ1) is 11.8. The van der Waals surface area contributed by atoms with Gasteiger partial charge >= 0.3 is 6.18 Å². The molecule has 0 fully saturated rings. The first kappa shape index (κ1) is 18.3. The SMILES string of the molecule is Cc1cccc(OCC(=O)NNC(=O)c2ccccc2C(F)(F)F)c1. The van der Waals surface area contributed by atoms with Crippen molar-refractivity contribution in [3.63, 3.8) is 0 Å². The largest absolute Gasteiger partial charge is 0.484 e. The van der Waals surface area contributed by atoms with Gasteiger partial charge in [-0.15, -0.1) is 0 Å². The molecule has 25 heavy (non-hydrogen) atoms. The molecule has 0 radical (unpaired) electrons. The molecule has 0 atom stereocenters. The smallest absolute Gasteiger partial charge is 0.417 e. The van der Waals surface area contributed by atoms with Crippen molar-refractivity contribution < 1.29 is 27.5 Å². The zero-order valence-corrected chi connectivity index (χ0v) is 13.2. The molecule has 0 aliphatic rings. The third kappa shape index (κ3) is 5.23. The van der Waals surface area contributed by atoms with Crippen molar-refractivity contribution in [2.24, 2.45) is 0 Å². The standard InChI is InChI=1S/C17H15F3N2O3/c1-11-5-4-6-12(9-11)25-10-15(23)21-22-16(24)13-7-2-3-8-14(13)17(18,19)20/h2-9H,10H2,1H3,(H,21,23)(H,22,24). The van der Waals surface area contributed by atoms with Crippen LogP contribution in [0, 0.1) is 6.92 Å². The quantitative estimate of drug-likeness (QED) is 0.832. The number of alkyl halides is 3. The summed E-state index contributed by atoms with van der Waals surface area (Å²) in [6, 6.07) is 11.2. The van der Waals surface area contributed by atoms with Gasteiger partial charge in [-0.1, -0.05) is 24.3 Å². The van der Waals surface area contributed by atoms with Gasteiger partial charge in [-0.3, -0.25) is 20.4 Å². The molecule has 0 aliphatic heterocycles. The third-order valence-electron chi connectivity index (χ3n) is 3.15. The van der Waals surface area contributed by atoms with E-state index in [2.05, 4.69) is 0 Å². The normalized spacial score (nSPS) is 10.9. The number of carbonyl (C=O) groups is 2. The molecule has 0 aliphatic carbocycles. The molecule has 2 N–H and O–H groups in total. The zero-order valence-electron chi connectivity index (χ0n) is 13.2. The van der Waals surface area contributed by atoms with E-state index in [0.29, 0.717) is 5.75 Å². The average molecular weight is 352 g/mol. The lowest BCUT2D eigenvalue weighted by molar-refractivity contribution is -0.137. The maximum absolute atomic E-state index is 12.9. The van der Waals surface area contributed by atoms with Gasteiger partial charge < -0.3 is 4.74 Å². The number of amides is 2. The average Bonchev–Trinajstić information content (AvgIpc) is 2.57. The summed E-state index contributed by atoms with van der Waals surface area (Å²) in [5.74, 6) is -1.32. The molecular formula is C17H15F3N2O3. The minimum atomic E-state index is -4.67. The number of hydrazine groups is 1. The van der Waals surface area contributed by atoms with E-state index in [1.165, 1.54) is 12.1 Å². The first-order valence-corrected chi connectivity index (χ1v) is 7.22. The predicted octanol–water partition coefficient (Wildman–Crippen LogP) is 2.85. The van der Waals surface area contributed by atoms with Crippen LogP contribution in [0.25, 0.3) is 0 Å². The number of halogens is 3. The van der Waals surface area contributed by atoms with Gasteiger partial charge in [0, 0.05) is 0 Å². The molecule has 0 bridgehead atoms. The molecule has 2 rings (SSSR count). The van der Waals surface area contributed by atoms with Gasteiger partial charge in [-0.25, -0.2) is 0 Å². The van der Waals surface area contributed by atoms with E-state index in [4.69, 9.17) is 4.74 Å². The van der Waals surface area contributed by atoms with Crippen LogP contribution < -0.4 is 15.6 Å². The van der Waals surface area contributed by atoms with Crippen LogP contribution in [-0.2, 0) is 11.0 Å². The third-order valence-corrected chi connectivity index (χ3v) is 3.15. The lowest BCUT2D eigenvalue weighted by Crippen LogP contribution is -2.44. The summed E-state index contributed by atoms with van der Waals surface area (Å²) in [6.07, 6.45) is -4.67. The number of hydrogen-bond acceptors (Lipinski definition) is 3. The predicted molar refractivity (Wildman–Crippen MR) is 83.7 cm³/mol. The van der Waals surface area contributed by atoms with Crippen LogP contribution in [0.4, 0.5) is 13.2 Å². The van der Waals surface area contributed by atoms with Gasteiger partial charge in [0.2, 0.25) is 0 Å². The van der Waals surface area contributed by atoms with Gasteiger partial charge in [0.1, 0.15) is 5.75 Å². The lowest BCUT2D eigenvalue weighted by Gasteiger charge is -2.13. The number of benzene rings is 2. The highest BCUT2D eigenvalue weighted by atomic mass is 19.4. The van der Waals surface area contributed by atoms with Crippen LogP contribution in [0.3, 0.4) is 0 Å². The molecule has 8 heteroatoms. The first-order valence-electron chi connectivity index (χ1n) is 7.22. The Kier molecular flexibility index (Phi) is 5.63. The Morgan fingerprint density at radius 2 is 1.76 bits per heavy atom. The number of rotatable bonds is 4. The monoisotopic (exact) mass is 352 g/mol. The van der Waals surface area contributed by atoms with Crippen LogP contribution in [0.15, 0.2) is 48.5 Å². The van der Waals surface area contributed by atoms with Gasteiger partial charge in [-0.2, -0.15) is 13.2 Å². The molecule has 2 aromatic rings. The second-order valence-electron chi connectivity index (χ2n) is 5.15.